The molecular formula is C12H17N3O2. The lowest BCUT2D eigenvalue weighted by Gasteiger charge is -2.14. The van der Waals surface area contributed by atoms with Gasteiger partial charge in [-0.2, -0.15) is 0 Å². The topological polar surface area (TPSA) is 53.6 Å². The van der Waals surface area contributed by atoms with Crippen molar-refractivity contribution in [2.75, 3.05) is 26.2 Å². The van der Waals surface area contributed by atoms with Crippen molar-refractivity contribution < 1.29 is 9.63 Å². The predicted molar refractivity (Wildman–Crippen MR) is 64.2 cm³/mol. The third-order valence-corrected chi connectivity index (χ3v) is 2.61. The van der Waals surface area contributed by atoms with E-state index < -0.39 is 0 Å². The molecule has 2 rings (SSSR count). The number of urea groups is 1. The van der Waals surface area contributed by atoms with Gasteiger partial charge in [-0.25, -0.2) is 10.3 Å². The van der Waals surface area contributed by atoms with E-state index in [4.69, 9.17) is 4.84 Å². The Morgan fingerprint density at radius 1 is 1.35 bits per heavy atom. The summed E-state index contributed by atoms with van der Waals surface area (Å²) in [7, 11) is 0. The van der Waals surface area contributed by atoms with Gasteiger partial charge in [0, 0.05) is 26.2 Å². The van der Waals surface area contributed by atoms with Gasteiger partial charge in [0.15, 0.2) is 0 Å². The molecule has 1 aromatic rings. The van der Waals surface area contributed by atoms with Crippen LogP contribution in [0.2, 0.25) is 0 Å². The minimum atomic E-state index is 0.00913. The maximum absolute atomic E-state index is 11.2. The Labute approximate surface area is 101 Å². The molecule has 0 atom stereocenters. The molecule has 1 aliphatic rings. The van der Waals surface area contributed by atoms with E-state index in [-0.39, 0.29) is 6.03 Å². The van der Waals surface area contributed by atoms with Crippen LogP contribution in [0.3, 0.4) is 0 Å². The zero-order valence-electron chi connectivity index (χ0n) is 9.69. The number of hydrogen-bond acceptors (Lipinski definition) is 3. The van der Waals surface area contributed by atoms with Gasteiger partial charge in [0.1, 0.15) is 0 Å². The maximum atomic E-state index is 11.2. The number of hydrogen-bond donors (Lipinski definition) is 2. The molecule has 0 aromatic heterocycles. The highest BCUT2D eigenvalue weighted by molar-refractivity contribution is 5.76. The third-order valence-electron chi connectivity index (χ3n) is 2.61. The molecule has 5 nitrogen and oxygen atoms in total. The minimum Gasteiger partial charge on any atom is -0.336 e. The summed E-state index contributed by atoms with van der Waals surface area (Å²) in [6.07, 6.45) is 0. The summed E-state index contributed by atoms with van der Waals surface area (Å²) >= 11 is 0. The molecule has 1 aliphatic heterocycles. The average Bonchev–Trinajstić information content (AvgIpc) is 2.76. The average molecular weight is 235 g/mol. The van der Waals surface area contributed by atoms with Crippen LogP contribution in [0.1, 0.15) is 5.56 Å². The van der Waals surface area contributed by atoms with E-state index in [1.54, 1.807) is 4.90 Å². The molecule has 0 radical (unpaired) electrons. The Hall–Kier alpha value is -1.59. The Balaban J connectivity index is 1.56. The number of carbonyl (C=O) groups excluding carboxylic acids is 1. The van der Waals surface area contributed by atoms with Gasteiger partial charge < -0.3 is 10.2 Å². The fraction of sp³-hybridized carbons (Fsp3) is 0.417. The molecule has 0 bridgehead atoms. The maximum Gasteiger partial charge on any atom is 0.317 e. The van der Waals surface area contributed by atoms with E-state index in [9.17, 15) is 4.79 Å². The first-order chi connectivity index (χ1) is 8.36. The molecule has 92 valence electrons. The largest absolute Gasteiger partial charge is 0.336 e. The van der Waals surface area contributed by atoms with Crippen molar-refractivity contribution >= 4 is 6.03 Å². The van der Waals surface area contributed by atoms with Crippen LogP contribution < -0.4 is 10.8 Å². The number of carbonyl (C=O) groups is 1. The van der Waals surface area contributed by atoms with Gasteiger partial charge in [0.05, 0.1) is 6.61 Å². The van der Waals surface area contributed by atoms with Crippen LogP contribution in [-0.2, 0) is 11.4 Å². The zero-order valence-corrected chi connectivity index (χ0v) is 9.69. The molecule has 1 fully saturated rings. The van der Waals surface area contributed by atoms with Gasteiger partial charge in [-0.1, -0.05) is 30.3 Å². The summed E-state index contributed by atoms with van der Waals surface area (Å²) < 4.78 is 0. The molecule has 1 aromatic carbocycles. The van der Waals surface area contributed by atoms with E-state index in [1.165, 1.54) is 0 Å². The van der Waals surface area contributed by atoms with Crippen molar-refractivity contribution in [1.82, 2.24) is 15.7 Å². The van der Waals surface area contributed by atoms with Crippen LogP contribution in [0.15, 0.2) is 30.3 Å². The van der Waals surface area contributed by atoms with Crippen molar-refractivity contribution in [3.8, 4) is 0 Å². The SMILES string of the molecule is O=C1NCCN1CCNOCc1ccccc1. The number of nitrogens with one attached hydrogen (secondary N) is 2. The van der Waals surface area contributed by atoms with E-state index in [1.807, 2.05) is 30.3 Å². The normalized spacial score (nSPS) is 15.1. The van der Waals surface area contributed by atoms with Crippen molar-refractivity contribution in [3.63, 3.8) is 0 Å². The molecule has 2 amide bonds. The van der Waals surface area contributed by atoms with Gasteiger partial charge in [0.25, 0.3) is 0 Å². The smallest absolute Gasteiger partial charge is 0.317 e. The third kappa shape index (κ3) is 3.72. The second kappa shape index (κ2) is 6.22. The lowest BCUT2D eigenvalue weighted by molar-refractivity contribution is 0.0255. The van der Waals surface area contributed by atoms with Crippen LogP contribution in [0.5, 0.6) is 0 Å². The highest BCUT2D eigenvalue weighted by atomic mass is 16.6. The highest BCUT2D eigenvalue weighted by Gasteiger charge is 2.17. The molecule has 0 saturated carbocycles. The van der Waals surface area contributed by atoms with Crippen LogP contribution in [-0.4, -0.2) is 37.1 Å². The fourth-order valence-corrected chi connectivity index (χ4v) is 1.69. The number of nitrogens with zero attached hydrogens (tertiary/aromatic N) is 1. The quantitative estimate of drug-likeness (QED) is 0.564. The van der Waals surface area contributed by atoms with Crippen LogP contribution >= 0.6 is 0 Å². The van der Waals surface area contributed by atoms with Crippen molar-refractivity contribution in [2.24, 2.45) is 0 Å². The Morgan fingerprint density at radius 2 is 2.18 bits per heavy atom. The second-order valence-electron chi connectivity index (χ2n) is 3.89. The summed E-state index contributed by atoms with van der Waals surface area (Å²) in [6, 6.07) is 9.96. The summed E-state index contributed by atoms with van der Waals surface area (Å²) in [5, 5.41) is 2.75. The highest BCUT2D eigenvalue weighted by Crippen LogP contribution is 1.99. The van der Waals surface area contributed by atoms with Crippen molar-refractivity contribution in [3.05, 3.63) is 35.9 Å². The van der Waals surface area contributed by atoms with Gasteiger partial charge in [0.2, 0.25) is 0 Å². The number of benzene rings is 1. The predicted octanol–water partition coefficient (Wildman–Crippen LogP) is 0.733. The Kier molecular flexibility index (Phi) is 4.35. The van der Waals surface area contributed by atoms with Gasteiger partial charge in [-0.15, -0.1) is 0 Å². The van der Waals surface area contributed by atoms with Gasteiger partial charge in [-0.3, -0.25) is 4.84 Å². The number of rotatable bonds is 6. The molecule has 1 heterocycles. The molecule has 0 spiro atoms. The van der Waals surface area contributed by atoms with E-state index >= 15 is 0 Å². The van der Waals surface area contributed by atoms with E-state index in [0.717, 1.165) is 18.7 Å². The van der Waals surface area contributed by atoms with E-state index in [0.29, 0.717) is 19.7 Å². The monoisotopic (exact) mass is 235 g/mol. The standard InChI is InChI=1S/C12H17N3O2/c16-12-13-6-8-15(12)9-7-14-17-10-11-4-2-1-3-5-11/h1-5,14H,6-10H2,(H,13,16). The van der Waals surface area contributed by atoms with Crippen molar-refractivity contribution in [2.45, 2.75) is 6.61 Å². The number of hydroxylamine groups is 1. The van der Waals surface area contributed by atoms with Crippen molar-refractivity contribution in [1.29, 1.82) is 0 Å². The zero-order chi connectivity index (χ0) is 11.9. The Morgan fingerprint density at radius 3 is 2.88 bits per heavy atom. The summed E-state index contributed by atoms with van der Waals surface area (Å²) in [5.41, 5.74) is 3.98. The molecular weight excluding hydrogens is 218 g/mol. The summed E-state index contributed by atoms with van der Waals surface area (Å²) in [6.45, 7) is 3.36. The summed E-state index contributed by atoms with van der Waals surface area (Å²) in [5.74, 6) is 0. The van der Waals surface area contributed by atoms with Crippen LogP contribution in [0.4, 0.5) is 4.79 Å². The lowest BCUT2D eigenvalue weighted by atomic mass is 10.2. The lowest BCUT2D eigenvalue weighted by Crippen LogP contribution is -2.34. The fourth-order valence-electron chi connectivity index (χ4n) is 1.69. The van der Waals surface area contributed by atoms with Crippen LogP contribution in [0, 0.1) is 0 Å². The van der Waals surface area contributed by atoms with Crippen LogP contribution in [0.25, 0.3) is 0 Å². The second-order valence-corrected chi connectivity index (χ2v) is 3.89. The van der Waals surface area contributed by atoms with E-state index in [2.05, 4.69) is 10.8 Å². The van der Waals surface area contributed by atoms with Gasteiger partial charge in [-0.05, 0) is 5.56 Å². The molecule has 5 heteroatoms. The first-order valence-corrected chi connectivity index (χ1v) is 5.77. The Bertz CT molecular complexity index is 356. The first kappa shape index (κ1) is 11.9. The molecule has 0 aliphatic carbocycles. The number of amides is 2. The molecule has 0 unspecified atom stereocenters. The molecule has 17 heavy (non-hydrogen) atoms. The first-order valence-electron chi connectivity index (χ1n) is 5.77. The molecule has 2 N–H and O–H groups in total. The minimum absolute atomic E-state index is 0.00913. The molecule has 1 saturated heterocycles. The summed E-state index contributed by atoms with van der Waals surface area (Å²) in [4.78, 5) is 18.3. The van der Waals surface area contributed by atoms with Gasteiger partial charge >= 0.3 is 6.03 Å².